The van der Waals surface area contributed by atoms with Crippen LogP contribution in [0.15, 0.2) is 42.9 Å². The van der Waals surface area contributed by atoms with Crippen LogP contribution < -0.4 is 15.0 Å². The Hall–Kier alpha value is -4.35. The molecule has 1 N–H and O–H groups in total. The number of cyclic esters (lactones) is 1. The zero-order valence-electron chi connectivity index (χ0n) is 19.9. The minimum absolute atomic E-state index is 0.0449. The number of halogens is 2. The van der Waals surface area contributed by atoms with Crippen molar-refractivity contribution in [3.05, 3.63) is 60.2 Å². The normalized spacial score (nSPS) is 18.2. The Balaban J connectivity index is 1.29. The van der Waals surface area contributed by atoms with Crippen LogP contribution in [0.5, 0.6) is 5.75 Å². The highest BCUT2D eigenvalue weighted by Crippen LogP contribution is 2.33. The van der Waals surface area contributed by atoms with E-state index in [1.54, 1.807) is 23.1 Å². The zero-order chi connectivity index (χ0) is 25.5. The average Bonchev–Trinajstić information content (AvgIpc) is 3.53. The monoisotopic (exact) mass is 507 g/mol. The number of rotatable bonds is 5. The number of amides is 1. The summed E-state index contributed by atoms with van der Waals surface area (Å²) in [6.45, 7) is 1.54. The molecule has 0 spiro atoms. The summed E-state index contributed by atoms with van der Waals surface area (Å²) >= 11 is 0. The summed E-state index contributed by atoms with van der Waals surface area (Å²) in [7, 11) is 1.83. The van der Waals surface area contributed by atoms with E-state index in [0.29, 0.717) is 60.7 Å². The van der Waals surface area contributed by atoms with Crippen molar-refractivity contribution in [2.24, 2.45) is 7.05 Å². The molecule has 1 amide bonds. The molecule has 12 heteroatoms. The number of fused-ring (bicyclic) bond motifs is 1. The Bertz CT molecular complexity index is 1490. The van der Waals surface area contributed by atoms with E-state index in [1.165, 1.54) is 12.1 Å². The van der Waals surface area contributed by atoms with Crippen molar-refractivity contribution >= 4 is 22.9 Å². The van der Waals surface area contributed by atoms with Gasteiger partial charge in [-0.15, -0.1) is 0 Å². The van der Waals surface area contributed by atoms with Gasteiger partial charge in [0.25, 0.3) is 0 Å². The molecule has 1 atom stereocenters. The maximum absolute atomic E-state index is 14.1. The van der Waals surface area contributed by atoms with Gasteiger partial charge in [0.05, 0.1) is 30.1 Å². The van der Waals surface area contributed by atoms with E-state index in [9.17, 15) is 13.6 Å². The van der Waals surface area contributed by atoms with Crippen LogP contribution in [-0.2, 0) is 11.8 Å². The number of pyridine rings is 1. The lowest BCUT2D eigenvalue weighted by molar-refractivity contribution is 0.139. The smallest absolute Gasteiger partial charge is 0.408 e. The molecule has 2 fully saturated rings. The van der Waals surface area contributed by atoms with Gasteiger partial charge in [0.15, 0.2) is 23.5 Å². The summed E-state index contributed by atoms with van der Waals surface area (Å²) in [6.07, 6.45) is 5.30. The van der Waals surface area contributed by atoms with Crippen LogP contribution in [0.25, 0.3) is 22.3 Å². The van der Waals surface area contributed by atoms with E-state index in [4.69, 9.17) is 19.4 Å². The summed E-state index contributed by atoms with van der Waals surface area (Å²) < 4.78 is 40.1. The van der Waals surface area contributed by atoms with E-state index in [2.05, 4.69) is 20.3 Å². The topological polar surface area (TPSA) is 107 Å². The van der Waals surface area contributed by atoms with E-state index >= 15 is 0 Å². The van der Waals surface area contributed by atoms with Crippen LogP contribution in [0.4, 0.5) is 19.4 Å². The third-order valence-electron chi connectivity index (χ3n) is 6.47. The van der Waals surface area contributed by atoms with Crippen molar-refractivity contribution in [3.8, 4) is 17.0 Å². The van der Waals surface area contributed by atoms with Gasteiger partial charge in [0, 0.05) is 50.8 Å². The molecule has 2 saturated heterocycles. The molecule has 6 rings (SSSR count). The summed E-state index contributed by atoms with van der Waals surface area (Å²) in [5, 5.41) is 6.91. The van der Waals surface area contributed by atoms with Crippen LogP contribution in [0.3, 0.4) is 0 Å². The molecule has 2 aliphatic heterocycles. The quantitative estimate of drug-likeness (QED) is 0.437. The number of hydrogen-bond donors (Lipinski definition) is 1. The first-order valence-electron chi connectivity index (χ1n) is 11.9. The Morgan fingerprint density at radius 2 is 1.95 bits per heavy atom. The average molecular weight is 508 g/mol. The summed E-state index contributed by atoms with van der Waals surface area (Å²) in [5.41, 5.74) is 3.31. The number of nitrogens with one attached hydrogen (secondary N) is 1. The maximum atomic E-state index is 14.1. The molecule has 1 unspecified atom stereocenters. The lowest BCUT2D eigenvalue weighted by Gasteiger charge is -2.33. The molecule has 37 heavy (non-hydrogen) atoms. The molecule has 1 aromatic carbocycles. The first-order chi connectivity index (χ1) is 17.9. The minimum Gasteiger partial charge on any atom is -0.487 e. The molecule has 5 heterocycles. The van der Waals surface area contributed by atoms with Crippen molar-refractivity contribution in [1.82, 2.24) is 30.0 Å². The number of ether oxygens (including phenoxy) is 2. The van der Waals surface area contributed by atoms with Crippen molar-refractivity contribution in [2.75, 3.05) is 24.5 Å². The maximum Gasteiger partial charge on any atom is 0.408 e. The number of aryl methyl sites for hydroxylation is 1. The van der Waals surface area contributed by atoms with Crippen molar-refractivity contribution in [1.29, 1.82) is 0 Å². The van der Waals surface area contributed by atoms with E-state index in [-0.39, 0.29) is 11.9 Å². The van der Waals surface area contributed by atoms with Crippen LogP contribution >= 0.6 is 0 Å². The summed E-state index contributed by atoms with van der Waals surface area (Å²) in [5.74, 6) is -0.624. The van der Waals surface area contributed by atoms with E-state index < -0.39 is 23.8 Å². The van der Waals surface area contributed by atoms with Gasteiger partial charge in [-0.25, -0.2) is 23.5 Å². The SMILES string of the molecule is Cn1cc(-c2nc3cnc(C4CNC(=O)O4)cc3nc2N2CCC(Oc3ccc(F)cc3F)CC2)cn1. The largest absolute Gasteiger partial charge is 0.487 e. The van der Waals surface area contributed by atoms with Gasteiger partial charge in [-0.2, -0.15) is 5.10 Å². The third kappa shape index (κ3) is 4.61. The second kappa shape index (κ2) is 9.26. The molecule has 0 saturated carbocycles. The van der Waals surface area contributed by atoms with Crippen molar-refractivity contribution < 1.29 is 23.0 Å². The number of anilines is 1. The van der Waals surface area contributed by atoms with Crippen LogP contribution in [0.2, 0.25) is 0 Å². The number of piperidine rings is 1. The van der Waals surface area contributed by atoms with Gasteiger partial charge in [-0.1, -0.05) is 0 Å². The van der Waals surface area contributed by atoms with Gasteiger partial charge in [0.2, 0.25) is 0 Å². The lowest BCUT2D eigenvalue weighted by atomic mass is 10.1. The van der Waals surface area contributed by atoms with Crippen molar-refractivity contribution in [2.45, 2.75) is 25.0 Å². The van der Waals surface area contributed by atoms with E-state index in [0.717, 1.165) is 11.6 Å². The predicted molar refractivity (Wildman–Crippen MR) is 129 cm³/mol. The molecule has 2 aliphatic rings. The van der Waals surface area contributed by atoms with Crippen LogP contribution in [-0.4, -0.2) is 56.6 Å². The fraction of sp³-hybridized carbons (Fsp3) is 0.320. The molecular formula is C25H23F2N7O3. The Morgan fingerprint density at radius 3 is 2.65 bits per heavy atom. The molecule has 3 aromatic heterocycles. The summed E-state index contributed by atoms with van der Waals surface area (Å²) in [4.78, 5) is 27.9. The molecular weight excluding hydrogens is 484 g/mol. The second-order valence-electron chi connectivity index (χ2n) is 9.05. The molecule has 4 aromatic rings. The predicted octanol–water partition coefficient (Wildman–Crippen LogP) is 3.53. The number of alkyl carbamates (subject to hydrolysis) is 1. The summed E-state index contributed by atoms with van der Waals surface area (Å²) in [6, 6.07) is 5.11. The second-order valence-corrected chi connectivity index (χ2v) is 9.05. The van der Waals surface area contributed by atoms with E-state index in [1.807, 2.05) is 13.2 Å². The molecule has 0 aliphatic carbocycles. The number of hydrogen-bond acceptors (Lipinski definition) is 8. The van der Waals surface area contributed by atoms with Gasteiger partial charge < -0.3 is 19.7 Å². The number of benzene rings is 1. The Kier molecular flexibility index (Phi) is 5.78. The minimum atomic E-state index is -0.714. The number of aromatic nitrogens is 5. The van der Waals surface area contributed by atoms with Gasteiger partial charge in [-0.3, -0.25) is 9.67 Å². The fourth-order valence-electron chi connectivity index (χ4n) is 4.59. The highest BCUT2D eigenvalue weighted by atomic mass is 19.1. The van der Waals surface area contributed by atoms with Gasteiger partial charge in [-0.05, 0) is 18.2 Å². The van der Waals surface area contributed by atoms with Gasteiger partial charge >= 0.3 is 6.09 Å². The molecule has 190 valence electrons. The van der Waals surface area contributed by atoms with Gasteiger partial charge in [0.1, 0.15) is 23.1 Å². The lowest BCUT2D eigenvalue weighted by Crippen LogP contribution is -2.39. The number of carbonyl (C=O) groups is 1. The fourth-order valence-corrected chi connectivity index (χ4v) is 4.59. The number of carbonyl (C=O) groups excluding carboxylic acids is 1. The molecule has 10 nitrogen and oxygen atoms in total. The van der Waals surface area contributed by atoms with Crippen LogP contribution in [0.1, 0.15) is 24.6 Å². The first kappa shape index (κ1) is 23.1. The zero-order valence-corrected chi connectivity index (χ0v) is 19.9. The van der Waals surface area contributed by atoms with Crippen molar-refractivity contribution in [3.63, 3.8) is 0 Å². The molecule has 0 bridgehead atoms. The highest BCUT2D eigenvalue weighted by molar-refractivity contribution is 5.83. The van der Waals surface area contributed by atoms with Crippen LogP contribution in [0, 0.1) is 11.6 Å². The first-order valence-corrected chi connectivity index (χ1v) is 11.9. The Morgan fingerprint density at radius 1 is 1.11 bits per heavy atom. The molecule has 0 radical (unpaired) electrons. The highest BCUT2D eigenvalue weighted by Gasteiger charge is 2.28. The standard InChI is InChI=1S/C25H23F2N7O3/c1-33-13-14(10-30-33)23-24(32-18-9-19(28-11-20(18)31-23)22-12-29-25(35)37-22)34-6-4-16(5-7-34)36-21-3-2-15(26)8-17(21)27/h2-3,8-11,13,16,22H,4-7,12H2,1H3,(H,29,35). The number of nitrogens with zero attached hydrogens (tertiary/aromatic N) is 6. The third-order valence-corrected chi connectivity index (χ3v) is 6.47. The Labute approximate surface area is 210 Å².